The van der Waals surface area contributed by atoms with E-state index < -0.39 is 0 Å². The molecule has 0 bridgehead atoms. The molecule has 26 heavy (non-hydrogen) atoms. The third-order valence-corrected chi connectivity index (χ3v) is 4.07. The number of imidazole rings is 1. The summed E-state index contributed by atoms with van der Waals surface area (Å²) in [7, 11) is 1.84. The first-order valence-corrected chi connectivity index (χ1v) is 8.22. The van der Waals surface area contributed by atoms with Gasteiger partial charge in [0, 0.05) is 25.5 Å². The van der Waals surface area contributed by atoms with Crippen LogP contribution in [-0.2, 0) is 7.05 Å². The van der Waals surface area contributed by atoms with E-state index in [9.17, 15) is 0 Å². The number of nitrogens with one attached hydrogen (secondary N) is 1. The normalized spacial score (nSPS) is 11.4. The summed E-state index contributed by atoms with van der Waals surface area (Å²) >= 11 is 0. The van der Waals surface area contributed by atoms with Crippen LogP contribution < -0.4 is 11.1 Å². The van der Waals surface area contributed by atoms with Gasteiger partial charge in [0.2, 0.25) is 5.95 Å². The highest BCUT2D eigenvalue weighted by atomic mass is 15.3. The zero-order chi connectivity index (χ0) is 18.3. The Bertz CT molecular complexity index is 1080. The number of hydrogen-bond acceptors (Lipinski definition) is 7. The molecule has 3 N–H and O–H groups in total. The molecule has 0 saturated carbocycles. The van der Waals surface area contributed by atoms with E-state index in [0.717, 1.165) is 16.7 Å². The number of nitrogen functional groups attached to an aromatic ring is 1. The Morgan fingerprint density at radius 2 is 1.96 bits per heavy atom. The molecule has 0 spiro atoms. The molecule has 9 nitrogen and oxygen atoms in total. The van der Waals surface area contributed by atoms with Gasteiger partial charge in [-0.2, -0.15) is 10.1 Å². The number of aromatic nitrogens is 7. The SMILES string of the molecule is CC(C)n1cnc2cnc(-c3cnc(Nc4cnn(C)c4)nc3N)cc21. The number of fused-ring (bicyclic) bond motifs is 1. The maximum Gasteiger partial charge on any atom is 0.229 e. The fraction of sp³-hybridized carbons (Fsp3) is 0.235. The Balaban J connectivity index is 1.69. The second-order valence-corrected chi connectivity index (χ2v) is 6.32. The van der Waals surface area contributed by atoms with Crippen molar-refractivity contribution < 1.29 is 0 Å². The molecule has 0 radical (unpaired) electrons. The van der Waals surface area contributed by atoms with Crippen LogP contribution in [0.4, 0.5) is 17.5 Å². The van der Waals surface area contributed by atoms with Gasteiger partial charge in [-0.15, -0.1) is 0 Å². The van der Waals surface area contributed by atoms with E-state index in [0.29, 0.717) is 29.1 Å². The van der Waals surface area contributed by atoms with Gasteiger partial charge in [0.1, 0.15) is 11.3 Å². The number of hydrogen-bond donors (Lipinski definition) is 2. The summed E-state index contributed by atoms with van der Waals surface area (Å²) in [5, 5.41) is 7.17. The van der Waals surface area contributed by atoms with Crippen LogP contribution in [0.25, 0.3) is 22.3 Å². The molecule has 0 aliphatic carbocycles. The molecule has 4 heterocycles. The molecule has 0 aromatic carbocycles. The Kier molecular flexibility index (Phi) is 3.76. The second kappa shape index (κ2) is 6.10. The summed E-state index contributed by atoms with van der Waals surface area (Å²) in [6.07, 6.45) is 8.75. The summed E-state index contributed by atoms with van der Waals surface area (Å²) in [6, 6.07) is 2.26. The lowest BCUT2D eigenvalue weighted by Gasteiger charge is -2.10. The molecule has 4 rings (SSSR count). The van der Waals surface area contributed by atoms with Gasteiger partial charge in [-0.05, 0) is 19.9 Å². The van der Waals surface area contributed by atoms with Crippen molar-refractivity contribution in [1.29, 1.82) is 0 Å². The molecule has 9 heteroatoms. The number of nitrogens with zero attached hydrogens (tertiary/aromatic N) is 7. The summed E-state index contributed by atoms with van der Waals surface area (Å²) < 4.78 is 3.78. The molecule has 0 amide bonds. The standard InChI is InChI=1S/C17H19N9/c1-10(2)26-9-21-14-7-19-13(4-15(14)26)12-6-20-17(24-16(12)18)23-11-5-22-25(3)8-11/h4-10H,1-3H3,(H3,18,20,23,24). The molecule has 4 aromatic heterocycles. The van der Waals surface area contributed by atoms with Crippen LogP contribution in [0.15, 0.2) is 37.2 Å². The van der Waals surface area contributed by atoms with Crippen LogP contribution >= 0.6 is 0 Å². The van der Waals surface area contributed by atoms with Crippen molar-refractivity contribution in [2.24, 2.45) is 7.05 Å². The van der Waals surface area contributed by atoms with Crippen molar-refractivity contribution in [3.05, 3.63) is 37.2 Å². The quantitative estimate of drug-likeness (QED) is 0.582. The molecule has 0 unspecified atom stereocenters. The molecule has 0 aliphatic rings. The first-order chi connectivity index (χ1) is 12.5. The van der Waals surface area contributed by atoms with Crippen LogP contribution in [0.2, 0.25) is 0 Å². The predicted molar refractivity (Wildman–Crippen MR) is 99.8 cm³/mol. The minimum Gasteiger partial charge on any atom is -0.383 e. The van der Waals surface area contributed by atoms with Gasteiger partial charge in [-0.25, -0.2) is 9.97 Å². The van der Waals surface area contributed by atoms with E-state index in [-0.39, 0.29) is 0 Å². The fourth-order valence-corrected chi connectivity index (χ4v) is 2.76. The maximum atomic E-state index is 6.16. The zero-order valence-electron chi connectivity index (χ0n) is 14.7. The van der Waals surface area contributed by atoms with Crippen LogP contribution in [-0.4, -0.2) is 34.3 Å². The zero-order valence-corrected chi connectivity index (χ0v) is 14.7. The maximum absolute atomic E-state index is 6.16. The third kappa shape index (κ3) is 2.83. The molecule has 0 aliphatic heterocycles. The summed E-state index contributed by atoms with van der Waals surface area (Å²) in [6.45, 7) is 4.22. The second-order valence-electron chi connectivity index (χ2n) is 6.32. The van der Waals surface area contributed by atoms with Gasteiger partial charge in [0.25, 0.3) is 0 Å². The summed E-state index contributed by atoms with van der Waals surface area (Å²) in [5.74, 6) is 0.765. The number of pyridine rings is 1. The van der Waals surface area contributed by atoms with E-state index >= 15 is 0 Å². The van der Waals surface area contributed by atoms with E-state index in [4.69, 9.17) is 5.73 Å². The van der Waals surface area contributed by atoms with Gasteiger partial charge in [-0.1, -0.05) is 0 Å². The lowest BCUT2D eigenvalue weighted by molar-refractivity contribution is 0.617. The Labute approximate surface area is 149 Å². The van der Waals surface area contributed by atoms with E-state index in [1.807, 2.05) is 25.6 Å². The van der Waals surface area contributed by atoms with Gasteiger partial charge < -0.3 is 15.6 Å². The van der Waals surface area contributed by atoms with E-state index in [1.54, 1.807) is 23.3 Å². The first-order valence-electron chi connectivity index (χ1n) is 8.22. The molecule has 132 valence electrons. The van der Waals surface area contributed by atoms with Crippen LogP contribution in [0.1, 0.15) is 19.9 Å². The van der Waals surface area contributed by atoms with E-state index in [1.165, 1.54) is 0 Å². The van der Waals surface area contributed by atoms with Gasteiger partial charge in [0.15, 0.2) is 0 Å². The predicted octanol–water partition coefficient (Wildman–Crippen LogP) is 2.53. The lowest BCUT2D eigenvalue weighted by atomic mass is 10.2. The minimum atomic E-state index is 0.301. The van der Waals surface area contributed by atoms with Crippen LogP contribution in [0.5, 0.6) is 0 Å². The van der Waals surface area contributed by atoms with Crippen molar-refractivity contribution in [3.8, 4) is 11.3 Å². The fourth-order valence-electron chi connectivity index (χ4n) is 2.76. The molecule has 4 aromatic rings. The Hall–Kier alpha value is -3.49. The lowest BCUT2D eigenvalue weighted by Crippen LogP contribution is -2.03. The Morgan fingerprint density at radius 1 is 1.12 bits per heavy atom. The van der Waals surface area contributed by atoms with Gasteiger partial charge >= 0.3 is 0 Å². The molecular formula is C17H19N9. The summed E-state index contributed by atoms with van der Waals surface area (Å²) in [4.78, 5) is 17.5. The highest BCUT2D eigenvalue weighted by Crippen LogP contribution is 2.27. The topological polar surface area (TPSA) is 112 Å². The average molecular weight is 349 g/mol. The molecule has 0 fully saturated rings. The molecule has 0 saturated heterocycles. The molecule has 0 atom stereocenters. The van der Waals surface area contributed by atoms with Crippen LogP contribution in [0, 0.1) is 0 Å². The third-order valence-electron chi connectivity index (χ3n) is 4.07. The number of anilines is 3. The molecular weight excluding hydrogens is 330 g/mol. The van der Waals surface area contributed by atoms with Crippen molar-refractivity contribution in [2.45, 2.75) is 19.9 Å². The number of aryl methyl sites for hydroxylation is 1. The Morgan fingerprint density at radius 3 is 2.65 bits per heavy atom. The van der Waals surface area contributed by atoms with Crippen molar-refractivity contribution in [1.82, 2.24) is 34.3 Å². The highest BCUT2D eigenvalue weighted by molar-refractivity contribution is 5.82. The van der Waals surface area contributed by atoms with Crippen molar-refractivity contribution in [3.63, 3.8) is 0 Å². The van der Waals surface area contributed by atoms with Crippen LogP contribution in [0.3, 0.4) is 0 Å². The smallest absolute Gasteiger partial charge is 0.229 e. The minimum absolute atomic E-state index is 0.301. The van der Waals surface area contributed by atoms with Crippen molar-refractivity contribution in [2.75, 3.05) is 11.1 Å². The number of nitrogens with two attached hydrogens (primary N) is 1. The number of rotatable bonds is 4. The monoisotopic (exact) mass is 349 g/mol. The summed E-state index contributed by atoms with van der Waals surface area (Å²) in [5.41, 5.74) is 10.2. The van der Waals surface area contributed by atoms with E-state index in [2.05, 4.69) is 48.8 Å². The largest absolute Gasteiger partial charge is 0.383 e. The van der Waals surface area contributed by atoms with Crippen molar-refractivity contribution >= 4 is 28.5 Å². The first kappa shape index (κ1) is 16.0. The van der Waals surface area contributed by atoms with Gasteiger partial charge in [-0.3, -0.25) is 9.67 Å². The highest BCUT2D eigenvalue weighted by Gasteiger charge is 2.12. The average Bonchev–Trinajstić information content (AvgIpc) is 3.20. The van der Waals surface area contributed by atoms with Gasteiger partial charge in [0.05, 0.1) is 41.2 Å².